The van der Waals surface area contributed by atoms with E-state index in [2.05, 4.69) is 0 Å². The molecule has 114 valence electrons. The van der Waals surface area contributed by atoms with E-state index in [9.17, 15) is 18.4 Å². The first-order valence-electron chi connectivity index (χ1n) is 6.46. The van der Waals surface area contributed by atoms with Crippen molar-refractivity contribution in [3.8, 4) is 0 Å². The van der Waals surface area contributed by atoms with Crippen LogP contribution in [0.3, 0.4) is 0 Å². The molecule has 0 unspecified atom stereocenters. The fourth-order valence-electron chi connectivity index (χ4n) is 2.14. The van der Waals surface area contributed by atoms with Crippen molar-refractivity contribution in [2.24, 2.45) is 5.92 Å². The Morgan fingerprint density at radius 3 is 2.62 bits per heavy atom. The highest BCUT2D eigenvalue weighted by Crippen LogP contribution is 2.33. The van der Waals surface area contributed by atoms with Crippen LogP contribution in [-0.4, -0.2) is 41.1 Å². The van der Waals surface area contributed by atoms with Gasteiger partial charge >= 0.3 is 12.1 Å². The fraction of sp³-hybridized carbons (Fsp3) is 0.429. The lowest BCUT2D eigenvalue weighted by Crippen LogP contribution is -2.52. The normalized spacial score (nSPS) is 20.9. The van der Waals surface area contributed by atoms with Gasteiger partial charge in [-0.15, -0.1) is 0 Å². The first-order chi connectivity index (χ1) is 9.90. The van der Waals surface area contributed by atoms with Crippen LogP contribution in [0.25, 0.3) is 0 Å². The molecule has 0 radical (unpaired) electrons. The molecular weight excluding hydrogens is 284 g/mol. The Morgan fingerprint density at radius 1 is 1.33 bits per heavy atom. The summed E-state index contributed by atoms with van der Waals surface area (Å²) in [6.07, 6.45) is -1.45. The molecule has 1 amide bonds. The number of carbonyl (C=O) groups is 2. The van der Waals surface area contributed by atoms with Gasteiger partial charge in [0, 0.05) is 19.5 Å². The molecule has 1 atom stereocenters. The smallest absolute Gasteiger partial charge is 0.410 e. The highest BCUT2D eigenvalue weighted by Gasteiger charge is 2.49. The van der Waals surface area contributed by atoms with Gasteiger partial charge in [-0.1, -0.05) is 30.3 Å². The molecule has 0 bridgehead atoms. The molecule has 0 saturated carbocycles. The maximum absolute atomic E-state index is 13.4. The zero-order valence-corrected chi connectivity index (χ0v) is 11.2. The highest BCUT2D eigenvalue weighted by molar-refractivity contribution is 5.74. The Morgan fingerprint density at radius 2 is 2.00 bits per heavy atom. The summed E-state index contributed by atoms with van der Waals surface area (Å²) in [4.78, 5) is 23.7. The quantitative estimate of drug-likeness (QED) is 0.930. The summed E-state index contributed by atoms with van der Waals surface area (Å²) < 4.78 is 31.9. The number of hydrogen-bond acceptors (Lipinski definition) is 3. The van der Waals surface area contributed by atoms with Crippen molar-refractivity contribution in [1.29, 1.82) is 0 Å². The van der Waals surface area contributed by atoms with Crippen molar-refractivity contribution >= 4 is 12.1 Å². The molecule has 21 heavy (non-hydrogen) atoms. The number of benzene rings is 1. The number of carboxylic acid groups (broad SMARTS) is 1. The van der Waals surface area contributed by atoms with E-state index in [1.807, 2.05) is 6.07 Å². The minimum Gasteiger partial charge on any atom is -0.481 e. The van der Waals surface area contributed by atoms with E-state index in [0.29, 0.717) is 0 Å². The average molecular weight is 299 g/mol. The van der Waals surface area contributed by atoms with Crippen LogP contribution in [0.15, 0.2) is 30.3 Å². The molecule has 5 nitrogen and oxygen atoms in total. The van der Waals surface area contributed by atoms with Crippen LogP contribution in [0.5, 0.6) is 0 Å². The summed E-state index contributed by atoms with van der Waals surface area (Å²) in [5, 5.41) is 8.82. The van der Waals surface area contributed by atoms with E-state index in [4.69, 9.17) is 9.84 Å². The topological polar surface area (TPSA) is 66.8 Å². The van der Waals surface area contributed by atoms with Crippen molar-refractivity contribution in [2.45, 2.75) is 19.0 Å². The average Bonchev–Trinajstić information content (AvgIpc) is 2.45. The summed E-state index contributed by atoms with van der Waals surface area (Å²) in [5.74, 6) is -6.81. The first-order valence-corrected chi connectivity index (χ1v) is 6.46. The number of aliphatic carboxylic acids is 1. The van der Waals surface area contributed by atoms with Gasteiger partial charge < -0.3 is 14.7 Å². The van der Waals surface area contributed by atoms with Gasteiger partial charge in [0.05, 0.1) is 0 Å². The fourth-order valence-corrected chi connectivity index (χ4v) is 2.14. The highest BCUT2D eigenvalue weighted by atomic mass is 19.3. The van der Waals surface area contributed by atoms with Gasteiger partial charge in [-0.25, -0.2) is 13.6 Å². The van der Waals surface area contributed by atoms with E-state index in [-0.39, 0.29) is 13.2 Å². The van der Waals surface area contributed by atoms with Crippen molar-refractivity contribution in [2.75, 3.05) is 13.1 Å². The van der Waals surface area contributed by atoms with Crippen molar-refractivity contribution in [1.82, 2.24) is 4.90 Å². The Hall–Kier alpha value is -2.18. The SMILES string of the molecule is O=C(O)[C@H]1CN(C(=O)OCc2ccccc2)CCC1(F)F. The summed E-state index contributed by atoms with van der Waals surface area (Å²) in [6, 6.07) is 8.90. The van der Waals surface area contributed by atoms with E-state index in [0.717, 1.165) is 10.5 Å². The van der Waals surface area contributed by atoms with E-state index in [1.54, 1.807) is 24.3 Å². The molecule has 1 aliphatic rings. The van der Waals surface area contributed by atoms with Gasteiger partial charge in [0.2, 0.25) is 0 Å². The molecule has 0 aliphatic carbocycles. The van der Waals surface area contributed by atoms with Gasteiger partial charge in [-0.3, -0.25) is 4.79 Å². The van der Waals surface area contributed by atoms with Gasteiger partial charge in [0.25, 0.3) is 5.92 Å². The lowest BCUT2D eigenvalue weighted by atomic mass is 9.94. The number of rotatable bonds is 3. The lowest BCUT2D eigenvalue weighted by molar-refractivity contribution is -0.165. The first kappa shape index (κ1) is 15.2. The molecule has 1 aliphatic heterocycles. The van der Waals surface area contributed by atoms with Gasteiger partial charge in [-0.2, -0.15) is 0 Å². The third-order valence-electron chi connectivity index (χ3n) is 3.39. The Labute approximate surface area is 120 Å². The number of nitrogens with zero attached hydrogens (tertiary/aromatic N) is 1. The third kappa shape index (κ3) is 3.68. The van der Waals surface area contributed by atoms with Gasteiger partial charge in [-0.05, 0) is 5.56 Å². The molecule has 1 aromatic carbocycles. The summed E-state index contributed by atoms with van der Waals surface area (Å²) >= 11 is 0. The molecule has 1 fully saturated rings. The Bertz CT molecular complexity index is 521. The minimum absolute atomic E-state index is 0.0182. The molecular formula is C14H15F2NO4. The third-order valence-corrected chi connectivity index (χ3v) is 3.39. The molecule has 0 spiro atoms. The number of likely N-dealkylation sites (tertiary alicyclic amines) is 1. The van der Waals surface area contributed by atoms with Crippen LogP contribution in [0.4, 0.5) is 13.6 Å². The van der Waals surface area contributed by atoms with Crippen LogP contribution in [0.1, 0.15) is 12.0 Å². The molecule has 7 heteroatoms. The minimum atomic E-state index is -3.30. The number of ether oxygens (including phenoxy) is 1. The summed E-state index contributed by atoms with van der Waals surface area (Å²) in [6.45, 7) is -0.745. The number of halogens is 2. The summed E-state index contributed by atoms with van der Waals surface area (Å²) in [7, 11) is 0. The second kappa shape index (κ2) is 6.07. The molecule has 1 heterocycles. The van der Waals surface area contributed by atoms with Crippen LogP contribution >= 0.6 is 0 Å². The largest absolute Gasteiger partial charge is 0.481 e. The lowest BCUT2D eigenvalue weighted by Gasteiger charge is -2.35. The maximum Gasteiger partial charge on any atom is 0.410 e. The van der Waals surface area contributed by atoms with Crippen LogP contribution in [-0.2, 0) is 16.1 Å². The number of hydrogen-bond donors (Lipinski definition) is 1. The molecule has 1 saturated heterocycles. The molecule has 1 aromatic rings. The number of amides is 1. The molecule has 2 rings (SSSR count). The zero-order chi connectivity index (χ0) is 15.5. The predicted octanol–water partition coefficient (Wildman–Crippen LogP) is 2.37. The standard InChI is InChI=1S/C14H15F2NO4/c15-14(16)6-7-17(8-11(14)12(18)19)13(20)21-9-10-4-2-1-3-5-10/h1-5,11H,6-9H2,(H,18,19)/t11-/m1/s1. The molecule has 1 N–H and O–H groups in total. The summed E-state index contributed by atoms with van der Waals surface area (Å²) in [5.41, 5.74) is 0.767. The monoisotopic (exact) mass is 299 g/mol. The number of carbonyl (C=O) groups excluding carboxylic acids is 1. The predicted molar refractivity (Wildman–Crippen MR) is 68.9 cm³/mol. The van der Waals surface area contributed by atoms with Gasteiger partial charge in [0.15, 0.2) is 0 Å². The van der Waals surface area contributed by atoms with E-state index in [1.165, 1.54) is 0 Å². The molecule has 0 aromatic heterocycles. The number of alkyl halides is 2. The Balaban J connectivity index is 1.93. The van der Waals surface area contributed by atoms with Crippen molar-refractivity contribution in [3.05, 3.63) is 35.9 Å². The zero-order valence-electron chi connectivity index (χ0n) is 11.2. The Kier molecular flexibility index (Phi) is 4.40. The van der Waals surface area contributed by atoms with Crippen molar-refractivity contribution in [3.63, 3.8) is 0 Å². The van der Waals surface area contributed by atoms with E-state index < -0.39 is 36.9 Å². The maximum atomic E-state index is 13.4. The van der Waals surface area contributed by atoms with Crippen molar-refractivity contribution < 1.29 is 28.2 Å². The van der Waals surface area contributed by atoms with Crippen LogP contribution in [0.2, 0.25) is 0 Å². The van der Waals surface area contributed by atoms with Crippen LogP contribution < -0.4 is 0 Å². The number of piperidine rings is 1. The second-order valence-corrected chi connectivity index (χ2v) is 4.89. The van der Waals surface area contributed by atoms with Gasteiger partial charge in [0.1, 0.15) is 12.5 Å². The number of carboxylic acids is 1. The van der Waals surface area contributed by atoms with E-state index >= 15 is 0 Å². The second-order valence-electron chi connectivity index (χ2n) is 4.89. The van der Waals surface area contributed by atoms with Crippen LogP contribution in [0, 0.1) is 5.92 Å².